The van der Waals surface area contributed by atoms with Crippen molar-refractivity contribution in [3.8, 4) is 0 Å². The van der Waals surface area contributed by atoms with Gasteiger partial charge in [0.25, 0.3) is 0 Å². The Morgan fingerprint density at radius 3 is 2.19 bits per heavy atom. The van der Waals surface area contributed by atoms with Gasteiger partial charge in [-0.25, -0.2) is 0 Å². The molecule has 6 nitrogen and oxygen atoms in total. The van der Waals surface area contributed by atoms with Gasteiger partial charge < -0.3 is 16.2 Å². The minimum atomic E-state index is -0.972. The fourth-order valence-electron chi connectivity index (χ4n) is 1.58. The molecule has 16 heavy (non-hydrogen) atoms. The summed E-state index contributed by atoms with van der Waals surface area (Å²) in [5, 5.41) is 11.1. The zero-order valence-corrected chi connectivity index (χ0v) is 9.27. The Hall–Kier alpha value is -1.59. The van der Waals surface area contributed by atoms with E-state index in [0.717, 1.165) is 0 Å². The summed E-state index contributed by atoms with van der Waals surface area (Å²) in [6.07, 6.45) is 0.338. The van der Waals surface area contributed by atoms with Crippen molar-refractivity contribution in [1.29, 1.82) is 0 Å². The predicted octanol–water partition coefficient (Wildman–Crippen LogP) is -0.667. The highest BCUT2D eigenvalue weighted by Crippen LogP contribution is 2.38. The van der Waals surface area contributed by atoms with Crippen molar-refractivity contribution in [2.75, 3.05) is 0 Å². The smallest absolute Gasteiger partial charge is 0.307 e. The number of hydrogen-bond donors (Lipinski definition) is 3. The summed E-state index contributed by atoms with van der Waals surface area (Å²) < 4.78 is 0. The van der Waals surface area contributed by atoms with Crippen LogP contribution in [-0.2, 0) is 14.4 Å². The molecule has 0 saturated heterocycles. The molecule has 1 rings (SSSR count). The van der Waals surface area contributed by atoms with E-state index in [2.05, 4.69) is 5.32 Å². The van der Waals surface area contributed by atoms with Crippen molar-refractivity contribution < 1.29 is 19.5 Å². The first kappa shape index (κ1) is 12.5. The van der Waals surface area contributed by atoms with Gasteiger partial charge >= 0.3 is 5.97 Å². The average molecular weight is 228 g/mol. The van der Waals surface area contributed by atoms with Gasteiger partial charge in [-0.1, -0.05) is 13.8 Å². The summed E-state index contributed by atoms with van der Waals surface area (Å²) in [7, 11) is 0. The van der Waals surface area contributed by atoms with Crippen LogP contribution in [-0.4, -0.2) is 28.9 Å². The van der Waals surface area contributed by atoms with E-state index >= 15 is 0 Å². The van der Waals surface area contributed by atoms with Gasteiger partial charge in [0, 0.05) is 0 Å². The molecule has 90 valence electrons. The van der Waals surface area contributed by atoms with Gasteiger partial charge in [0.2, 0.25) is 11.8 Å². The fourth-order valence-corrected chi connectivity index (χ4v) is 1.58. The molecular weight excluding hydrogens is 212 g/mol. The largest absolute Gasteiger partial charge is 0.481 e. The Morgan fingerprint density at radius 2 is 1.88 bits per heavy atom. The van der Waals surface area contributed by atoms with E-state index in [1.54, 1.807) is 13.8 Å². The molecule has 0 heterocycles. The molecule has 0 aromatic carbocycles. The topological polar surface area (TPSA) is 109 Å². The number of carboxylic acid groups (broad SMARTS) is 1. The molecule has 0 bridgehead atoms. The fraction of sp³-hybridized carbons (Fsp3) is 0.700. The molecule has 0 aromatic rings. The molecule has 1 fully saturated rings. The lowest BCUT2D eigenvalue weighted by Crippen LogP contribution is -2.48. The predicted molar refractivity (Wildman–Crippen MR) is 55.2 cm³/mol. The van der Waals surface area contributed by atoms with Crippen molar-refractivity contribution in [3.05, 3.63) is 0 Å². The van der Waals surface area contributed by atoms with Crippen molar-refractivity contribution in [2.24, 2.45) is 23.5 Å². The van der Waals surface area contributed by atoms with Gasteiger partial charge in [0.05, 0.1) is 11.8 Å². The highest BCUT2D eigenvalue weighted by Gasteiger charge is 2.48. The number of aliphatic carboxylic acids is 1. The number of carbonyl (C=O) groups excluding carboxylic acids is 2. The van der Waals surface area contributed by atoms with Gasteiger partial charge in [-0.3, -0.25) is 14.4 Å². The second-order valence-corrected chi connectivity index (χ2v) is 4.42. The molecule has 3 atom stereocenters. The van der Waals surface area contributed by atoms with Gasteiger partial charge in [-0.2, -0.15) is 0 Å². The molecular formula is C10H16N2O4. The van der Waals surface area contributed by atoms with Crippen LogP contribution in [0.15, 0.2) is 0 Å². The van der Waals surface area contributed by atoms with Crippen molar-refractivity contribution in [1.82, 2.24) is 5.32 Å². The van der Waals surface area contributed by atoms with Crippen LogP contribution in [0.5, 0.6) is 0 Å². The molecule has 1 aliphatic rings. The minimum absolute atomic E-state index is 0.108. The molecule has 1 saturated carbocycles. The number of hydrogen-bond acceptors (Lipinski definition) is 3. The second-order valence-electron chi connectivity index (χ2n) is 4.42. The van der Waals surface area contributed by atoms with Crippen LogP contribution in [0.1, 0.15) is 20.3 Å². The van der Waals surface area contributed by atoms with Crippen LogP contribution >= 0.6 is 0 Å². The summed E-state index contributed by atoms with van der Waals surface area (Å²) in [6, 6.07) is -0.734. The van der Waals surface area contributed by atoms with Gasteiger partial charge in [-0.15, -0.1) is 0 Å². The Morgan fingerprint density at radius 1 is 1.31 bits per heavy atom. The molecule has 6 heteroatoms. The van der Waals surface area contributed by atoms with E-state index in [1.807, 2.05) is 0 Å². The number of nitrogens with one attached hydrogen (secondary N) is 1. The molecule has 3 unspecified atom stereocenters. The van der Waals surface area contributed by atoms with E-state index in [4.69, 9.17) is 10.8 Å². The van der Waals surface area contributed by atoms with Crippen LogP contribution in [0.4, 0.5) is 0 Å². The normalized spacial score (nSPS) is 24.9. The Balaban J connectivity index is 2.51. The van der Waals surface area contributed by atoms with Crippen LogP contribution < -0.4 is 11.1 Å². The monoisotopic (exact) mass is 228 g/mol. The molecule has 4 N–H and O–H groups in total. The molecule has 2 amide bonds. The highest BCUT2D eigenvalue weighted by atomic mass is 16.4. The van der Waals surface area contributed by atoms with Crippen molar-refractivity contribution in [2.45, 2.75) is 26.3 Å². The summed E-state index contributed by atoms with van der Waals surface area (Å²) in [5.74, 6) is -3.21. The SMILES string of the molecule is CC(C)C(NC(=O)C1CC1C(=O)O)C(N)=O. The Bertz CT molecular complexity index is 327. The van der Waals surface area contributed by atoms with E-state index in [0.29, 0.717) is 6.42 Å². The van der Waals surface area contributed by atoms with Gasteiger partial charge in [0.1, 0.15) is 6.04 Å². The average Bonchev–Trinajstić information content (AvgIpc) is 2.91. The highest BCUT2D eigenvalue weighted by molar-refractivity contribution is 5.92. The maximum absolute atomic E-state index is 11.6. The van der Waals surface area contributed by atoms with E-state index in [-0.39, 0.29) is 5.92 Å². The van der Waals surface area contributed by atoms with Crippen molar-refractivity contribution in [3.63, 3.8) is 0 Å². The number of nitrogens with two attached hydrogens (primary N) is 1. The van der Waals surface area contributed by atoms with E-state index in [1.165, 1.54) is 0 Å². The minimum Gasteiger partial charge on any atom is -0.481 e. The standard InChI is InChI=1S/C10H16N2O4/c1-4(2)7(8(11)13)12-9(14)5-3-6(5)10(15)16/h4-7H,3H2,1-2H3,(H2,11,13)(H,12,14)(H,15,16). The first-order chi connectivity index (χ1) is 7.34. The van der Waals surface area contributed by atoms with Crippen LogP contribution in [0.3, 0.4) is 0 Å². The Kier molecular flexibility index (Phi) is 3.51. The van der Waals surface area contributed by atoms with Crippen molar-refractivity contribution >= 4 is 17.8 Å². The Labute approximate surface area is 93.2 Å². The number of carbonyl (C=O) groups is 3. The van der Waals surface area contributed by atoms with E-state index < -0.39 is 35.7 Å². The third-order valence-electron chi connectivity index (χ3n) is 2.72. The van der Waals surface area contributed by atoms with Gasteiger partial charge in [0.15, 0.2) is 0 Å². The molecule has 1 aliphatic carbocycles. The number of amides is 2. The summed E-state index contributed by atoms with van der Waals surface area (Å²) >= 11 is 0. The molecule has 0 radical (unpaired) electrons. The first-order valence-corrected chi connectivity index (χ1v) is 5.17. The third-order valence-corrected chi connectivity index (χ3v) is 2.72. The zero-order chi connectivity index (χ0) is 12.5. The number of carboxylic acids is 1. The van der Waals surface area contributed by atoms with Crippen LogP contribution in [0.2, 0.25) is 0 Å². The third kappa shape index (κ3) is 2.71. The van der Waals surface area contributed by atoms with Crippen LogP contribution in [0.25, 0.3) is 0 Å². The lowest BCUT2D eigenvalue weighted by Gasteiger charge is -2.18. The summed E-state index contributed by atoms with van der Waals surface area (Å²) in [6.45, 7) is 3.52. The lowest BCUT2D eigenvalue weighted by molar-refractivity contribution is -0.140. The van der Waals surface area contributed by atoms with E-state index in [9.17, 15) is 14.4 Å². The summed E-state index contributed by atoms with van der Waals surface area (Å²) in [4.78, 5) is 33.1. The number of rotatable bonds is 5. The number of primary amides is 1. The molecule has 0 spiro atoms. The lowest BCUT2D eigenvalue weighted by atomic mass is 10.0. The van der Waals surface area contributed by atoms with Gasteiger partial charge in [-0.05, 0) is 12.3 Å². The summed E-state index contributed by atoms with van der Waals surface area (Å²) in [5.41, 5.74) is 5.13. The zero-order valence-electron chi connectivity index (χ0n) is 9.27. The maximum Gasteiger partial charge on any atom is 0.307 e. The first-order valence-electron chi connectivity index (χ1n) is 5.17. The molecule has 0 aliphatic heterocycles. The van der Waals surface area contributed by atoms with Crippen LogP contribution in [0, 0.1) is 17.8 Å². The second kappa shape index (κ2) is 4.51. The maximum atomic E-state index is 11.6. The molecule has 0 aromatic heterocycles. The quantitative estimate of drug-likeness (QED) is 0.579.